The summed E-state index contributed by atoms with van der Waals surface area (Å²) >= 11 is 1.61. The Bertz CT molecular complexity index is 1520. The number of thiophene rings is 1. The van der Waals surface area contributed by atoms with E-state index in [1.54, 1.807) is 36.6 Å². The molecule has 40 heavy (non-hydrogen) atoms. The van der Waals surface area contributed by atoms with Gasteiger partial charge in [-0.2, -0.15) is 0 Å². The van der Waals surface area contributed by atoms with Crippen molar-refractivity contribution in [1.82, 2.24) is 0 Å². The van der Waals surface area contributed by atoms with Gasteiger partial charge in [0.1, 0.15) is 16.5 Å². The molecule has 1 N–H and O–H groups in total. The second kappa shape index (κ2) is 11.6. The number of carbonyl (C=O) groups excluding carboxylic acids is 2. The maximum atomic E-state index is 13.5. The quantitative estimate of drug-likeness (QED) is 0.184. The SMILES string of the molecule is CCOC(=O)c1ccc(-c2ccc(C=Nc3sc4c(c3C(=O)Nc3ccccc3)CC[C@H](C(C)(C)C)C4)o2)cc1. The Kier molecular flexibility index (Phi) is 8.03. The van der Waals surface area contributed by atoms with Crippen LogP contribution in [0.1, 0.15) is 71.0 Å². The minimum atomic E-state index is -0.346. The zero-order valence-corrected chi connectivity index (χ0v) is 24.1. The second-order valence-electron chi connectivity index (χ2n) is 11.1. The van der Waals surface area contributed by atoms with Gasteiger partial charge in [-0.3, -0.25) is 4.79 Å². The van der Waals surface area contributed by atoms with Gasteiger partial charge in [-0.15, -0.1) is 11.3 Å². The van der Waals surface area contributed by atoms with E-state index < -0.39 is 0 Å². The van der Waals surface area contributed by atoms with Crippen LogP contribution in [-0.2, 0) is 17.6 Å². The van der Waals surface area contributed by atoms with Crippen molar-refractivity contribution in [3.05, 3.63) is 94.1 Å². The number of hydrogen-bond acceptors (Lipinski definition) is 6. The maximum Gasteiger partial charge on any atom is 0.338 e. The molecule has 0 fully saturated rings. The van der Waals surface area contributed by atoms with E-state index in [1.165, 1.54) is 4.88 Å². The zero-order valence-electron chi connectivity index (χ0n) is 23.3. The van der Waals surface area contributed by atoms with E-state index in [0.717, 1.165) is 36.1 Å². The smallest absolute Gasteiger partial charge is 0.338 e. The highest BCUT2D eigenvalue weighted by Crippen LogP contribution is 2.45. The summed E-state index contributed by atoms with van der Waals surface area (Å²) in [4.78, 5) is 31.5. The first-order chi connectivity index (χ1) is 19.2. The van der Waals surface area contributed by atoms with Crippen LogP contribution in [0.4, 0.5) is 10.7 Å². The predicted octanol–water partition coefficient (Wildman–Crippen LogP) is 8.34. The van der Waals surface area contributed by atoms with E-state index in [-0.39, 0.29) is 17.3 Å². The monoisotopic (exact) mass is 554 g/mol. The van der Waals surface area contributed by atoms with Gasteiger partial charge in [0.2, 0.25) is 0 Å². The molecule has 2 aromatic carbocycles. The van der Waals surface area contributed by atoms with Crippen molar-refractivity contribution in [2.75, 3.05) is 11.9 Å². The molecular weight excluding hydrogens is 520 g/mol. The number of nitrogens with zero attached hydrogens (tertiary/aromatic N) is 1. The predicted molar refractivity (Wildman–Crippen MR) is 161 cm³/mol. The fraction of sp³-hybridized carbons (Fsp3) is 0.303. The molecule has 0 saturated heterocycles. The van der Waals surface area contributed by atoms with Gasteiger partial charge in [-0.25, -0.2) is 9.79 Å². The van der Waals surface area contributed by atoms with Gasteiger partial charge in [-0.05, 0) is 79.5 Å². The Morgan fingerprint density at radius 3 is 2.52 bits per heavy atom. The Balaban J connectivity index is 1.41. The van der Waals surface area contributed by atoms with E-state index in [4.69, 9.17) is 14.1 Å². The molecule has 0 radical (unpaired) electrons. The van der Waals surface area contributed by atoms with Crippen molar-refractivity contribution < 1.29 is 18.7 Å². The third kappa shape index (κ3) is 6.10. The summed E-state index contributed by atoms with van der Waals surface area (Å²) in [7, 11) is 0. The largest absolute Gasteiger partial charge is 0.462 e. The zero-order chi connectivity index (χ0) is 28.3. The average molecular weight is 555 g/mol. The topological polar surface area (TPSA) is 80.9 Å². The number of fused-ring (bicyclic) bond motifs is 1. The molecule has 0 aliphatic heterocycles. The third-order valence-corrected chi connectivity index (χ3v) is 8.51. The molecule has 2 heterocycles. The number of rotatable bonds is 7. The Morgan fingerprint density at radius 2 is 1.82 bits per heavy atom. The number of aliphatic imine (C=N–C) groups is 1. The van der Waals surface area contributed by atoms with E-state index in [1.807, 2.05) is 54.6 Å². The summed E-state index contributed by atoms with van der Waals surface area (Å²) in [5, 5.41) is 3.76. The first kappa shape index (κ1) is 27.6. The first-order valence-corrected chi connectivity index (χ1v) is 14.5. The van der Waals surface area contributed by atoms with Crippen LogP contribution in [0.5, 0.6) is 0 Å². The van der Waals surface area contributed by atoms with Crippen molar-refractivity contribution in [2.24, 2.45) is 16.3 Å². The van der Waals surface area contributed by atoms with Gasteiger partial charge in [0, 0.05) is 16.1 Å². The molecule has 206 valence electrons. The van der Waals surface area contributed by atoms with Gasteiger partial charge in [0.15, 0.2) is 0 Å². The Morgan fingerprint density at radius 1 is 1.07 bits per heavy atom. The highest BCUT2D eigenvalue weighted by atomic mass is 32.1. The highest BCUT2D eigenvalue weighted by molar-refractivity contribution is 7.16. The number of carbonyl (C=O) groups is 2. The van der Waals surface area contributed by atoms with Crippen LogP contribution in [0.3, 0.4) is 0 Å². The number of para-hydroxylation sites is 1. The Labute approximate surface area is 239 Å². The van der Waals surface area contributed by atoms with Crippen LogP contribution in [0.2, 0.25) is 0 Å². The number of amides is 1. The Hall–Kier alpha value is -3.97. The summed E-state index contributed by atoms with van der Waals surface area (Å²) in [6.45, 7) is 8.98. The molecule has 1 aliphatic carbocycles. The van der Waals surface area contributed by atoms with Crippen LogP contribution in [0, 0.1) is 11.3 Å². The molecule has 2 aromatic heterocycles. The van der Waals surface area contributed by atoms with Crippen LogP contribution in [0.25, 0.3) is 11.3 Å². The van der Waals surface area contributed by atoms with E-state index in [2.05, 4.69) is 26.1 Å². The summed E-state index contributed by atoms with van der Waals surface area (Å²) in [6, 6.07) is 20.4. The lowest BCUT2D eigenvalue weighted by atomic mass is 9.72. The molecule has 4 aromatic rings. The van der Waals surface area contributed by atoms with Crippen molar-refractivity contribution >= 4 is 40.1 Å². The van der Waals surface area contributed by atoms with Crippen molar-refractivity contribution in [3.8, 4) is 11.3 Å². The fourth-order valence-corrected chi connectivity index (χ4v) is 6.30. The summed E-state index contributed by atoms with van der Waals surface area (Å²) in [6.07, 6.45) is 4.55. The lowest BCUT2D eigenvalue weighted by Crippen LogP contribution is -2.27. The van der Waals surface area contributed by atoms with Gasteiger partial charge in [-0.1, -0.05) is 51.1 Å². The lowest BCUT2D eigenvalue weighted by Gasteiger charge is -2.33. The number of benzene rings is 2. The highest BCUT2D eigenvalue weighted by Gasteiger charge is 2.33. The molecule has 1 atom stereocenters. The maximum absolute atomic E-state index is 13.5. The van der Waals surface area contributed by atoms with Crippen LogP contribution >= 0.6 is 11.3 Å². The molecule has 0 saturated carbocycles. The molecule has 5 rings (SSSR count). The number of esters is 1. The van der Waals surface area contributed by atoms with Gasteiger partial charge < -0.3 is 14.5 Å². The molecular formula is C33H34N2O4S. The minimum absolute atomic E-state index is 0.133. The second-order valence-corrected chi connectivity index (χ2v) is 12.2. The number of anilines is 1. The van der Waals surface area contributed by atoms with Gasteiger partial charge in [0.05, 0.1) is 23.9 Å². The molecule has 0 spiro atoms. The molecule has 1 amide bonds. The van der Waals surface area contributed by atoms with Crippen LogP contribution in [-0.4, -0.2) is 24.7 Å². The molecule has 0 unspecified atom stereocenters. The van der Waals surface area contributed by atoms with E-state index >= 15 is 0 Å². The van der Waals surface area contributed by atoms with Crippen molar-refractivity contribution in [3.63, 3.8) is 0 Å². The summed E-state index contributed by atoms with van der Waals surface area (Å²) in [5.74, 6) is 1.33. The molecule has 6 nitrogen and oxygen atoms in total. The van der Waals surface area contributed by atoms with Crippen molar-refractivity contribution in [2.45, 2.75) is 47.0 Å². The number of ether oxygens (including phenoxy) is 1. The number of furan rings is 1. The standard InChI is InChI=1S/C33H34N2O4S/c1-5-38-32(37)22-13-11-21(12-14-22)27-18-16-25(39-27)20-34-31-29(30(36)35-24-9-7-6-8-10-24)26-17-15-23(33(2,3)4)19-28(26)40-31/h6-14,16,18,20,23H,5,15,17,19H2,1-4H3,(H,35,36)/t23-/m0/s1. The lowest BCUT2D eigenvalue weighted by molar-refractivity contribution is 0.0526. The molecule has 7 heteroatoms. The fourth-order valence-electron chi connectivity index (χ4n) is 5.04. The summed E-state index contributed by atoms with van der Waals surface area (Å²) in [5.41, 5.74) is 4.08. The van der Waals surface area contributed by atoms with Crippen LogP contribution < -0.4 is 5.32 Å². The number of nitrogens with one attached hydrogen (secondary N) is 1. The van der Waals surface area contributed by atoms with Crippen molar-refractivity contribution in [1.29, 1.82) is 0 Å². The van der Waals surface area contributed by atoms with Gasteiger partial charge >= 0.3 is 5.97 Å². The van der Waals surface area contributed by atoms with Crippen LogP contribution in [0.15, 0.2) is 76.1 Å². The number of hydrogen-bond donors (Lipinski definition) is 1. The molecule has 1 aliphatic rings. The average Bonchev–Trinajstić information content (AvgIpc) is 3.56. The first-order valence-electron chi connectivity index (χ1n) is 13.7. The molecule has 0 bridgehead atoms. The van der Waals surface area contributed by atoms with E-state index in [9.17, 15) is 9.59 Å². The van der Waals surface area contributed by atoms with E-state index in [0.29, 0.717) is 40.2 Å². The third-order valence-electron chi connectivity index (χ3n) is 7.35. The summed E-state index contributed by atoms with van der Waals surface area (Å²) < 4.78 is 11.1. The van der Waals surface area contributed by atoms with Gasteiger partial charge in [0.25, 0.3) is 5.91 Å². The normalized spacial score (nSPS) is 15.2. The minimum Gasteiger partial charge on any atom is -0.462 e.